The minimum absolute atomic E-state index is 0.153. The first-order valence-electron chi connectivity index (χ1n) is 4.70. The van der Waals surface area contributed by atoms with Crippen molar-refractivity contribution in [1.29, 1.82) is 0 Å². The standard InChI is InChI=1S/C8H12N4O2S/c1-4-2-3-5(14-4)6(13)10-8-12-11-7(9)15-8/h4-5H,2-3H2,1H3,(H2,9,11)(H,10,12,13). The van der Waals surface area contributed by atoms with Gasteiger partial charge in [0, 0.05) is 0 Å². The van der Waals surface area contributed by atoms with Gasteiger partial charge in [-0.3, -0.25) is 10.1 Å². The Morgan fingerprint density at radius 1 is 1.60 bits per heavy atom. The van der Waals surface area contributed by atoms with E-state index in [2.05, 4.69) is 15.5 Å². The Kier molecular flexibility index (Phi) is 2.83. The van der Waals surface area contributed by atoms with Crippen molar-refractivity contribution in [3.8, 4) is 0 Å². The predicted octanol–water partition coefficient (Wildman–Crippen LogP) is 0.626. The molecule has 2 rings (SSSR count). The van der Waals surface area contributed by atoms with E-state index >= 15 is 0 Å². The van der Waals surface area contributed by atoms with E-state index in [1.165, 1.54) is 0 Å². The molecule has 2 heterocycles. The van der Waals surface area contributed by atoms with Crippen molar-refractivity contribution in [2.24, 2.45) is 0 Å². The number of hydrogen-bond acceptors (Lipinski definition) is 6. The monoisotopic (exact) mass is 228 g/mol. The highest BCUT2D eigenvalue weighted by Crippen LogP contribution is 2.22. The van der Waals surface area contributed by atoms with Gasteiger partial charge in [0.2, 0.25) is 10.3 Å². The zero-order valence-electron chi connectivity index (χ0n) is 8.27. The fraction of sp³-hybridized carbons (Fsp3) is 0.625. The Bertz CT molecular complexity index is 367. The number of aromatic nitrogens is 2. The van der Waals surface area contributed by atoms with Crippen LogP contribution in [-0.2, 0) is 9.53 Å². The van der Waals surface area contributed by atoms with Gasteiger partial charge in [0.1, 0.15) is 6.10 Å². The van der Waals surface area contributed by atoms with Crippen molar-refractivity contribution in [2.45, 2.75) is 32.0 Å². The third-order valence-electron chi connectivity index (χ3n) is 2.20. The van der Waals surface area contributed by atoms with Gasteiger partial charge in [-0.25, -0.2) is 0 Å². The molecule has 1 amide bonds. The van der Waals surface area contributed by atoms with Gasteiger partial charge in [-0.1, -0.05) is 11.3 Å². The summed E-state index contributed by atoms with van der Waals surface area (Å²) in [7, 11) is 0. The van der Waals surface area contributed by atoms with Crippen LogP contribution in [0.3, 0.4) is 0 Å². The first-order chi connectivity index (χ1) is 7.15. The lowest BCUT2D eigenvalue weighted by atomic mass is 10.2. The molecular weight excluding hydrogens is 216 g/mol. The summed E-state index contributed by atoms with van der Waals surface area (Å²) in [5.41, 5.74) is 5.39. The van der Waals surface area contributed by atoms with E-state index in [9.17, 15) is 4.79 Å². The van der Waals surface area contributed by atoms with Crippen LogP contribution in [0.1, 0.15) is 19.8 Å². The third kappa shape index (κ3) is 2.42. The Hall–Kier alpha value is -1.21. The first kappa shape index (κ1) is 10.3. The van der Waals surface area contributed by atoms with Crippen LogP contribution >= 0.6 is 11.3 Å². The van der Waals surface area contributed by atoms with E-state index in [1.807, 2.05) is 6.92 Å². The van der Waals surface area contributed by atoms with Crippen LogP contribution in [0.4, 0.5) is 10.3 Å². The van der Waals surface area contributed by atoms with Crippen molar-refractivity contribution in [2.75, 3.05) is 11.1 Å². The highest BCUT2D eigenvalue weighted by molar-refractivity contribution is 7.18. The van der Waals surface area contributed by atoms with Gasteiger partial charge in [-0.05, 0) is 19.8 Å². The fourth-order valence-electron chi connectivity index (χ4n) is 1.47. The predicted molar refractivity (Wildman–Crippen MR) is 56.5 cm³/mol. The summed E-state index contributed by atoms with van der Waals surface area (Å²) in [6.07, 6.45) is 1.45. The zero-order chi connectivity index (χ0) is 10.8. The topological polar surface area (TPSA) is 90.1 Å². The lowest BCUT2D eigenvalue weighted by Gasteiger charge is -2.09. The van der Waals surface area contributed by atoms with Gasteiger partial charge in [-0.15, -0.1) is 10.2 Å². The van der Waals surface area contributed by atoms with E-state index in [4.69, 9.17) is 10.5 Å². The summed E-state index contributed by atoms with van der Waals surface area (Å²) >= 11 is 1.14. The molecule has 7 heteroatoms. The number of nitrogen functional groups attached to an aromatic ring is 1. The quantitative estimate of drug-likeness (QED) is 0.774. The van der Waals surface area contributed by atoms with E-state index < -0.39 is 0 Å². The molecule has 3 N–H and O–H groups in total. The van der Waals surface area contributed by atoms with Crippen LogP contribution in [0.25, 0.3) is 0 Å². The third-order valence-corrected chi connectivity index (χ3v) is 2.86. The number of anilines is 2. The van der Waals surface area contributed by atoms with Gasteiger partial charge < -0.3 is 10.5 Å². The molecule has 2 unspecified atom stereocenters. The first-order valence-corrected chi connectivity index (χ1v) is 5.52. The number of hydrogen-bond donors (Lipinski definition) is 2. The molecule has 6 nitrogen and oxygen atoms in total. The van der Waals surface area contributed by atoms with E-state index in [0.29, 0.717) is 10.3 Å². The molecule has 0 aromatic carbocycles. The van der Waals surface area contributed by atoms with Crippen molar-refractivity contribution in [3.63, 3.8) is 0 Å². The molecule has 2 atom stereocenters. The van der Waals surface area contributed by atoms with Gasteiger partial charge in [0.05, 0.1) is 6.10 Å². The fourth-order valence-corrected chi connectivity index (χ4v) is 1.98. The number of nitrogens with two attached hydrogens (primary N) is 1. The summed E-state index contributed by atoms with van der Waals surface area (Å²) in [4.78, 5) is 11.6. The van der Waals surface area contributed by atoms with Crippen LogP contribution in [-0.4, -0.2) is 28.3 Å². The maximum atomic E-state index is 11.6. The molecule has 0 radical (unpaired) electrons. The number of carbonyl (C=O) groups is 1. The average Bonchev–Trinajstić information content (AvgIpc) is 2.75. The zero-order valence-corrected chi connectivity index (χ0v) is 9.08. The Labute approximate surface area is 90.8 Å². The highest BCUT2D eigenvalue weighted by atomic mass is 32.1. The average molecular weight is 228 g/mol. The molecular formula is C8H12N4O2S. The molecule has 1 fully saturated rings. The van der Waals surface area contributed by atoms with Gasteiger partial charge in [0.15, 0.2) is 0 Å². The number of ether oxygens (including phenoxy) is 1. The van der Waals surface area contributed by atoms with E-state index in [1.54, 1.807) is 0 Å². The van der Waals surface area contributed by atoms with Crippen molar-refractivity contribution < 1.29 is 9.53 Å². The minimum atomic E-state index is -0.370. The van der Waals surface area contributed by atoms with Crippen LogP contribution in [0.5, 0.6) is 0 Å². The summed E-state index contributed by atoms with van der Waals surface area (Å²) in [5, 5.41) is 10.7. The lowest BCUT2D eigenvalue weighted by molar-refractivity contribution is -0.126. The number of amides is 1. The number of rotatable bonds is 2. The molecule has 1 aliphatic rings. The second-order valence-corrected chi connectivity index (χ2v) is 4.46. The number of nitrogens with one attached hydrogen (secondary N) is 1. The largest absolute Gasteiger partial charge is 0.374 e. The Balaban J connectivity index is 1.92. The second kappa shape index (κ2) is 4.11. The van der Waals surface area contributed by atoms with Gasteiger partial charge in [-0.2, -0.15) is 0 Å². The second-order valence-electron chi connectivity index (χ2n) is 3.45. The van der Waals surface area contributed by atoms with Crippen molar-refractivity contribution in [3.05, 3.63) is 0 Å². The molecule has 0 spiro atoms. The summed E-state index contributed by atoms with van der Waals surface area (Å²) in [5.74, 6) is -0.171. The molecule has 82 valence electrons. The maximum absolute atomic E-state index is 11.6. The highest BCUT2D eigenvalue weighted by Gasteiger charge is 2.28. The SMILES string of the molecule is CC1CCC(C(=O)Nc2nnc(N)s2)O1. The Morgan fingerprint density at radius 2 is 2.40 bits per heavy atom. The minimum Gasteiger partial charge on any atom is -0.374 e. The molecule has 0 bridgehead atoms. The smallest absolute Gasteiger partial charge is 0.255 e. The molecule has 0 aliphatic carbocycles. The van der Waals surface area contributed by atoms with Gasteiger partial charge >= 0.3 is 0 Å². The maximum Gasteiger partial charge on any atom is 0.255 e. The molecule has 1 aromatic heterocycles. The van der Waals surface area contributed by atoms with E-state index in [0.717, 1.165) is 24.2 Å². The normalized spacial score (nSPS) is 25.4. The van der Waals surface area contributed by atoms with Crippen LogP contribution < -0.4 is 11.1 Å². The van der Waals surface area contributed by atoms with Gasteiger partial charge in [0.25, 0.3) is 5.91 Å². The summed E-state index contributed by atoms with van der Waals surface area (Å²) in [6, 6.07) is 0. The Morgan fingerprint density at radius 3 is 2.93 bits per heavy atom. The van der Waals surface area contributed by atoms with Crippen LogP contribution in [0.2, 0.25) is 0 Å². The molecule has 0 saturated carbocycles. The summed E-state index contributed by atoms with van der Waals surface area (Å²) in [6.45, 7) is 1.95. The molecule has 15 heavy (non-hydrogen) atoms. The molecule has 1 saturated heterocycles. The lowest BCUT2D eigenvalue weighted by Crippen LogP contribution is -2.27. The molecule has 1 aliphatic heterocycles. The summed E-state index contributed by atoms with van der Waals surface area (Å²) < 4.78 is 5.42. The van der Waals surface area contributed by atoms with Crippen molar-refractivity contribution in [1.82, 2.24) is 10.2 Å². The van der Waals surface area contributed by atoms with Crippen LogP contribution in [0, 0.1) is 0 Å². The van der Waals surface area contributed by atoms with E-state index in [-0.39, 0.29) is 18.1 Å². The van der Waals surface area contributed by atoms with Crippen LogP contribution in [0.15, 0.2) is 0 Å². The number of carbonyl (C=O) groups excluding carboxylic acids is 1. The number of nitrogens with zero attached hydrogens (tertiary/aromatic N) is 2. The molecule has 1 aromatic rings. The van der Waals surface area contributed by atoms with Crippen molar-refractivity contribution >= 4 is 27.5 Å².